The monoisotopic (exact) mass is 542 g/mol. The second-order valence-electron chi connectivity index (χ2n) is 7.61. The van der Waals surface area contributed by atoms with Gasteiger partial charge in [0.05, 0.1) is 27.2 Å². The van der Waals surface area contributed by atoms with Crippen LogP contribution in [0.3, 0.4) is 0 Å². The van der Waals surface area contributed by atoms with Crippen LogP contribution in [0.1, 0.15) is 0 Å². The predicted molar refractivity (Wildman–Crippen MR) is 78.0 cm³/mol. The molecule has 0 radical (unpaired) electrons. The van der Waals surface area contributed by atoms with Gasteiger partial charge >= 0.3 is 117 Å². The molecule has 0 spiro atoms. The van der Waals surface area contributed by atoms with E-state index in [1.807, 2.05) is 0 Å². The van der Waals surface area contributed by atoms with Crippen molar-refractivity contribution < 1.29 is 78.7 Å². The second-order valence-corrected chi connectivity index (χ2v) is 11.5. The van der Waals surface area contributed by atoms with E-state index in [0.717, 1.165) is 4.48 Å². The number of quaternary nitrogens is 1. The van der Waals surface area contributed by atoms with Crippen LogP contribution in [0.5, 0.6) is 0 Å². The molecule has 0 unspecified atom stereocenters. The standard InChI is InChI=1S/C6HF17P.C6H15N2/c7-1(8,9)4(16,17)24(22,23,5(18,19)2(10,11)12)6(20,21)3(13,14)15;1-7-4-5-8(2,3)6-7/h24H;4-6H2,1-3H3/q-1;+1. The topological polar surface area (TPSA) is 3.24 Å². The Kier molecular flexibility index (Phi) is 7.64. The summed E-state index contributed by atoms with van der Waals surface area (Å²) in [5.74, 6) is 0. The maximum atomic E-state index is 13.4. The number of hydrogen-bond acceptors (Lipinski definition) is 1. The quantitative estimate of drug-likeness (QED) is 0.225. The van der Waals surface area contributed by atoms with Crippen molar-refractivity contribution in [1.29, 1.82) is 0 Å². The van der Waals surface area contributed by atoms with Crippen molar-refractivity contribution in [2.45, 2.75) is 35.5 Å². The number of hydrogen-bond donors (Lipinski definition) is 0. The van der Waals surface area contributed by atoms with Gasteiger partial charge < -0.3 is 4.48 Å². The van der Waals surface area contributed by atoms with Gasteiger partial charge in [-0.1, -0.05) is 0 Å². The van der Waals surface area contributed by atoms with Gasteiger partial charge in [0.25, 0.3) is 0 Å². The van der Waals surface area contributed by atoms with E-state index in [0.29, 0.717) is 0 Å². The molecule has 20 heteroatoms. The summed E-state index contributed by atoms with van der Waals surface area (Å²) in [7, 11) is -6.36. The summed E-state index contributed by atoms with van der Waals surface area (Å²) in [6.07, 6.45) is -24.9. The van der Waals surface area contributed by atoms with Gasteiger partial charge in [0.15, 0.2) is 0 Å². The average molecular weight is 542 g/mol. The van der Waals surface area contributed by atoms with Gasteiger partial charge in [-0.15, -0.1) is 0 Å². The van der Waals surface area contributed by atoms with E-state index in [2.05, 4.69) is 26.0 Å². The second kappa shape index (κ2) is 7.85. The molecule has 1 saturated heterocycles. The molecule has 1 aliphatic heterocycles. The fourth-order valence-corrected chi connectivity index (χ4v) is 5.25. The molecular weight excluding hydrogens is 526 g/mol. The van der Waals surface area contributed by atoms with Gasteiger partial charge in [0.1, 0.15) is 6.67 Å². The van der Waals surface area contributed by atoms with Crippen molar-refractivity contribution in [3.8, 4) is 0 Å². The Bertz CT molecular complexity index is 603. The van der Waals surface area contributed by atoms with Crippen LogP contribution in [0.4, 0.5) is 74.3 Å². The molecule has 0 aromatic carbocycles. The minimum atomic E-state index is -13.1. The maximum absolute atomic E-state index is 13.4. The number of likely N-dealkylation sites (N-methyl/N-ethyl adjacent to an activating group) is 2. The first-order chi connectivity index (χ1) is 13.4. The first-order valence-corrected chi connectivity index (χ1v) is 10.1. The van der Waals surface area contributed by atoms with Crippen LogP contribution in [0, 0.1) is 0 Å². The molecule has 0 atom stereocenters. The van der Waals surface area contributed by atoms with Gasteiger partial charge in [-0.25, -0.2) is 0 Å². The minimum absolute atomic E-state index is 1.16. The van der Waals surface area contributed by atoms with Crippen molar-refractivity contribution in [1.82, 2.24) is 4.90 Å². The Balaban J connectivity index is 0.000000995. The molecule has 2 nitrogen and oxygen atoms in total. The Morgan fingerprint density at radius 1 is 0.594 bits per heavy atom. The van der Waals surface area contributed by atoms with E-state index in [-0.39, 0.29) is 0 Å². The van der Waals surface area contributed by atoms with Gasteiger partial charge in [-0.05, 0) is 7.05 Å². The molecule has 0 saturated carbocycles. The van der Waals surface area contributed by atoms with Gasteiger partial charge in [0.2, 0.25) is 0 Å². The third-order valence-electron chi connectivity index (χ3n) is 4.43. The molecule has 0 bridgehead atoms. The third-order valence-corrected chi connectivity index (χ3v) is 8.59. The molecule has 1 heterocycles. The normalized spacial score (nSPS) is 20.9. The third kappa shape index (κ3) is 4.32. The zero-order valence-electron chi connectivity index (χ0n) is 15.9. The van der Waals surface area contributed by atoms with E-state index >= 15 is 0 Å². The summed E-state index contributed by atoms with van der Waals surface area (Å²) in [6, 6.07) is 0. The van der Waals surface area contributed by atoms with Crippen LogP contribution in [-0.2, 0) is 0 Å². The Morgan fingerprint density at radius 2 is 0.844 bits per heavy atom. The van der Waals surface area contributed by atoms with Crippen molar-refractivity contribution in [3.63, 3.8) is 0 Å². The van der Waals surface area contributed by atoms with Crippen LogP contribution < -0.4 is 0 Å². The Morgan fingerprint density at radius 3 is 0.938 bits per heavy atom. The van der Waals surface area contributed by atoms with Gasteiger partial charge in [-0.2, -0.15) is 0 Å². The van der Waals surface area contributed by atoms with E-state index < -0.39 is 42.7 Å². The Hall–Kier alpha value is -0.840. The molecule has 0 aliphatic carbocycles. The van der Waals surface area contributed by atoms with Gasteiger partial charge in [0, 0.05) is 0 Å². The molecular formula is C12H16F17N2P. The molecule has 32 heavy (non-hydrogen) atoms. The summed E-state index contributed by atoms with van der Waals surface area (Å²) in [6.45, 7) is 3.77. The van der Waals surface area contributed by atoms with Crippen LogP contribution in [-0.4, -0.2) is 85.8 Å². The number of alkyl halides is 15. The molecule has 1 aliphatic rings. The number of halogens is 17. The van der Waals surface area contributed by atoms with Crippen LogP contribution in [0.2, 0.25) is 0 Å². The summed E-state index contributed by atoms with van der Waals surface area (Å²) in [4.78, 5) is 2.36. The van der Waals surface area contributed by atoms with Crippen molar-refractivity contribution in [3.05, 3.63) is 0 Å². The van der Waals surface area contributed by atoms with E-state index in [9.17, 15) is 74.3 Å². The van der Waals surface area contributed by atoms with Crippen LogP contribution >= 0.6 is 7.22 Å². The van der Waals surface area contributed by atoms with Gasteiger partial charge in [-0.3, -0.25) is 4.90 Å². The molecule has 0 aromatic rings. The van der Waals surface area contributed by atoms with Crippen LogP contribution in [0.15, 0.2) is 0 Å². The SMILES string of the molecule is CN1CC[N+](C)(C)C1.FC(F)(F)C(F)(F)[PH-](F)(F)(C(F)(F)C(F)(F)F)C(F)(F)C(F)(F)F. The van der Waals surface area contributed by atoms with Crippen molar-refractivity contribution in [2.24, 2.45) is 0 Å². The van der Waals surface area contributed by atoms with Crippen molar-refractivity contribution in [2.75, 3.05) is 40.9 Å². The summed E-state index contributed by atoms with van der Waals surface area (Å²) in [5, 5.41) is 0. The Labute approximate surface area is 168 Å². The molecule has 1 rings (SSSR count). The summed E-state index contributed by atoms with van der Waals surface area (Å²) in [5.41, 5.74) is -27.0. The van der Waals surface area contributed by atoms with Crippen molar-refractivity contribution >= 4 is 7.22 Å². The fourth-order valence-electron chi connectivity index (χ4n) is 2.57. The first-order valence-electron chi connectivity index (χ1n) is 7.82. The summed E-state index contributed by atoms with van der Waals surface area (Å²) < 4.78 is 210. The summed E-state index contributed by atoms with van der Waals surface area (Å²) >= 11 is 0. The van der Waals surface area contributed by atoms with Crippen LogP contribution in [0.25, 0.3) is 0 Å². The van der Waals surface area contributed by atoms with E-state index in [1.165, 1.54) is 19.8 Å². The molecule has 0 aromatic heterocycles. The average Bonchev–Trinajstić information content (AvgIpc) is 2.81. The molecule has 0 N–H and O–H groups in total. The molecule has 1 fully saturated rings. The van der Waals surface area contributed by atoms with E-state index in [4.69, 9.17) is 0 Å². The van der Waals surface area contributed by atoms with E-state index in [1.54, 1.807) is 0 Å². The zero-order chi connectivity index (χ0) is 26.6. The zero-order valence-corrected chi connectivity index (χ0v) is 16.9. The number of nitrogens with zero attached hydrogens (tertiary/aromatic N) is 2. The predicted octanol–water partition coefficient (Wildman–Crippen LogP) is 6.47. The molecule has 0 amide bonds. The fraction of sp³-hybridized carbons (Fsp3) is 1.00. The molecule has 198 valence electrons. The first kappa shape index (κ1) is 31.2. The number of rotatable bonds is 3.